The van der Waals surface area contributed by atoms with E-state index in [0.717, 1.165) is 5.56 Å². The van der Waals surface area contributed by atoms with Crippen LogP contribution in [0.1, 0.15) is 43.4 Å². The average molecular weight is 370 g/mol. The third-order valence-corrected chi connectivity index (χ3v) is 3.92. The van der Waals surface area contributed by atoms with E-state index >= 15 is 0 Å². The summed E-state index contributed by atoms with van der Waals surface area (Å²) in [6, 6.07) is 10.6. The standard InChI is InChI=1S/C21H26N2O4/c1-5-26-20-11-16(6-9-19(20)24)12-22-23-21(25)13-27-17-7-8-18(14(2)3)15(4)10-17/h6-12,14,24H,5,13H2,1-4H3,(H,23,25)/b22-12+. The van der Waals surface area contributed by atoms with Gasteiger partial charge in [0.15, 0.2) is 18.1 Å². The van der Waals surface area contributed by atoms with Gasteiger partial charge in [0.05, 0.1) is 12.8 Å². The van der Waals surface area contributed by atoms with Crippen LogP contribution < -0.4 is 14.9 Å². The fourth-order valence-electron chi connectivity index (χ4n) is 2.63. The second kappa shape index (κ2) is 9.62. The number of phenolic OH excluding ortho intramolecular Hbond substituents is 1. The third kappa shape index (κ3) is 6.02. The van der Waals surface area contributed by atoms with Gasteiger partial charge >= 0.3 is 0 Å². The third-order valence-electron chi connectivity index (χ3n) is 3.92. The van der Waals surface area contributed by atoms with E-state index in [1.54, 1.807) is 12.1 Å². The molecule has 0 heterocycles. The summed E-state index contributed by atoms with van der Waals surface area (Å²) in [7, 11) is 0. The van der Waals surface area contributed by atoms with Crippen LogP contribution in [0.3, 0.4) is 0 Å². The number of carbonyl (C=O) groups excluding carboxylic acids is 1. The van der Waals surface area contributed by atoms with Gasteiger partial charge in [0.2, 0.25) is 0 Å². The number of nitrogens with one attached hydrogen (secondary N) is 1. The first-order valence-electron chi connectivity index (χ1n) is 8.91. The predicted molar refractivity (Wildman–Crippen MR) is 106 cm³/mol. The summed E-state index contributed by atoms with van der Waals surface area (Å²) in [5.74, 6) is 1.16. The molecule has 144 valence electrons. The number of hydrazone groups is 1. The fourth-order valence-corrected chi connectivity index (χ4v) is 2.63. The van der Waals surface area contributed by atoms with Gasteiger partial charge in [-0.3, -0.25) is 4.79 Å². The minimum absolute atomic E-state index is 0.0604. The van der Waals surface area contributed by atoms with Crippen molar-refractivity contribution in [2.75, 3.05) is 13.2 Å². The van der Waals surface area contributed by atoms with Gasteiger partial charge in [-0.2, -0.15) is 5.10 Å². The Labute approximate surface area is 159 Å². The maximum atomic E-state index is 11.9. The van der Waals surface area contributed by atoms with E-state index in [0.29, 0.717) is 29.6 Å². The number of phenols is 1. The quantitative estimate of drug-likeness (QED) is 0.548. The molecule has 0 saturated heterocycles. The first-order valence-corrected chi connectivity index (χ1v) is 8.91. The molecule has 6 heteroatoms. The minimum Gasteiger partial charge on any atom is -0.504 e. The van der Waals surface area contributed by atoms with Crippen LogP contribution in [0.25, 0.3) is 0 Å². The fraction of sp³-hybridized carbons (Fsp3) is 0.333. The number of amides is 1. The van der Waals surface area contributed by atoms with Gasteiger partial charge in [0, 0.05) is 0 Å². The summed E-state index contributed by atoms with van der Waals surface area (Å²) in [5.41, 5.74) is 5.50. The SMILES string of the molecule is CCOc1cc(/C=N/NC(=O)COc2ccc(C(C)C)c(C)c2)ccc1O. The lowest BCUT2D eigenvalue weighted by Gasteiger charge is -2.12. The van der Waals surface area contributed by atoms with E-state index in [2.05, 4.69) is 24.4 Å². The van der Waals surface area contributed by atoms with Gasteiger partial charge in [0.25, 0.3) is 5.91 Å². The number of aromatic hydroxyl groups is 1. The van der Waals surface area contributed by atoms with Gasteiger partial charge in [-0.05, 0) is 66.8 Å². The number of rotatable bonds is 8. The summed E-state index contributed by atoms with van der Waals surface area (Å²) < 4.78 is 10.8. The monoisotopic (exact) mass is 370 g/mol. The molecular formula is C21H26N2O4. The van der Waals surface area contributed by atoms with Crippen molar-refractivity contribution >= 4 is 12.1 Å². The van der Waals surface area contributed by atoms with Crippen LogP contribution in [0, 0.1) is 6.92 Å². The van der Waals surface area contributed by atoms with E-state index in [4.69, 9.17) is 9.47 Å². The van der Waals surface area contributed by atoms with Gasteiger partial charge in [-0.25, -0.2) is 5.43 Å². The lowest BCUT2D eigenvalue weighted by molar-refractivity contribution is -0.123. The van der Waals surface area contributed by atoms with Crippen molar-refractivity contribution in [3.63, 3.8) is 0 Å². The first-order chi connectivity index (χ1) is 12.9. The second-order valence-electron chi connectivity index (χ2n) is 6.42. The Balaban J connectivity index is 1.86. The summed E-state index contributed by atoms with van der Waals surface area (Å²) in [6.07, 6.45) is 1.47. The van der Waals surface area contributed by atoms with Crippen LogP contribution in [-0.4, -0.2) is 30.4 Å². The van der Waals surface area contributed by atoms with Crippen molar-refractivity contribution in [1.82, 2.24) is 5.43 Å². The molecule has 0 aliphatic heterocycles. The molecule has 0 saturated carbocycles. The van der Waals surface area contributed by atoms with Crippen LogP contribution in [0.15, 0.2) is 41.5 Å². The maximum Gasteiger partial charge on any atom is 0.277 e. The highest BCUT2D eigenvalue weighted by molar-refractivity contribution is 5.83. The number of benzene rings is 2. The Morgan fingerprint density at radius 3 is 2.67 bits per heavy atom. The van der Waals surface area contributed by atoms with E-state index < -0.39 is 0 Å². The molecule has 6 nitrogen and oxygen atoms in total. The average Bonchev–Trinajstić information content (AvgIpc) is 2.62. The normalized spacial score (nSPS) is 11.0. The molecule has 0 bridgehead atoms. The van der Waals surface area contributed by atoms with E-state index in [9.17, 15) is 9.90 Å². The van der Waals surface area contributed by atoms with Gasteiger partial charge in [-0.15, -0.1) is 0 Å². The Kier molecular flexibility index (Phi) is 7.23. The Morgan fingerprint density at radius 2 is 2.00 bits per heavy atom. The number of aryl methyl sites for hydroxylation is 1. The zero-order valence-electron chi connectivity index (χ0n) is 16.2. The van der Waals surface area contributed by atoms with Gasteiger partial charge in [-0.1, -0.05) is 19.9 Å². The van der Waals surface area contributed by atoms with Crippen molar-refractivity contribution in [2.45, 2.75) is 33.6 Å². The number of hydrogen-bond donors (Lipinski definition) is 2. The van der Waals surface area contributed by atoms with Crippen molar-refractivity contribution < 1.29 is 19.4 Å². The molecule has 27 heavy (non-hydrogen) atoms. The summed E-state index contributed by atoms with van der Waals surface area (Å²) in [4.78, 5) is 11.9. The molecule has 2 N–H and O–H groups in total. The highest BCUT2D eigenvalue weighted by atomic mass is 16.5. The van der Waals surface area contributed by atoms with Crippen LogP contribution in [-0.2, 0) is 4.79 Å². The van der Waals surface area contributed by atoms with E-state index in [-0.39, 0.29) is 18.3 Å². The molecule has 0 aromatic heterocycles. The van der Waals surface area contributed by atoms with Crippen molar-refractivity contribution in [3.8, 4) is 17.2 Å². The van der Waals surface area contributed by atoms with Crippen LogP contribution in [0.5, 0.6) is 17.2 Å². The number of hydrogen-bond acceptors (Lipinski definition) is 5. The Hall–Kier alpha value is -3.02. The van der Waals surface area contributed by atoms with Crippen molar-refractivity contribution in [2.24, 2.45) is 5.10 Å². The van der Waals surface area contributed by atoms with E-state index in [1.165, 1.54) is 17.8 Å². The number of ether oxygens (including phenoxy) is 2. The van der Waals surface area contributed by atoms with Crippen LogP contribution >= 0.6 is 0 Å². The number of nitrogens with zero attached hydrogens (tertiary/aromatic N) is 1. The molecule has 0 aliphatic carbocycles. The lowest BCUT2D eigenvalue weighted by Crippen LogP contribution is -2.24. The zero-order valence-corrected chi connectivity index (χ0v) is 16.2. The van der Waals surface area contributed by atoms with Gasteiger partial charge < -0.3 is 14.6 Å². The summed E-state index contributed by atoms with van der Waals surface area (Å²) in [6.45, 7) is 8.45. The molecule has 2 rings (SSSR count). The smallest absolute Gasteiger partial charge is 0.277 e. The topological polar surface area (TPSA) is 80.2 Å². The molecule has 0 atom stereocenters. The zero-order chi connectivity index (χ0) is 19.8. The van der Waals surface area contributed by atoms with E-state index in [1.807, 2.05) is 32.0 Å². The highest BCUT2D eigenvalue weighted by Crippen LogP contribution is 2.26. The molecule has 0 spiro atoms. The van der Waals surface area contributed by atoms with Crippen LogP contribution in [0.2, 0.25) is 0 Å². The number of carbonyl (C=O) groups is 1. The van der Waals surface area contributed by atoms with Crippen molar-refractivity contribution in [1.29, 1.82) is 0 Å². The lowest BCUT2D eigenvalue weighted by atomic mass is 9.98. The Bertz CT molecular complexity index is 816. The summed E-state index contributed by atoms with van der Waals surface area (Å²) in [5, 5.41) is 13.6. The molecule has 0 aliphatic rings. The molecule has 1 amide bonds. The molecule has 0 fully saturated rings. The van der Waals surface area contributed by atoms with Crippen molar-refractivity contribution in [3.05, 3.63) is 53.1 Å². The molecule has 0 unspecified atom stereocenters. The minimum atomic E-state index is -0.361. The second-order valence-corrected chi connectivity index (χ2v) is 6.42. The largest absolute Gasteiger partial charge is 0.504 e. The maximum absolute atomic E-state index is 11.9. The molecule has 0 radical (unpaired) electrons. The predicted octanol–water partition coefficient (Wildman–Crippen LogP) is 3.75. The molecule has 2 aromatic carbocycles. The highest BCUT2D eigenvalue weighted by Gasteiger charge is 2.07. The summed E-state index contributed by atoms with van der Waals surface area (Å²) >= 11 is 0. The van der Waals surface area contributed by atoms with Gasteiger partial charge in [0.1, 0.15) is 5.75 Å². The molecular weight excluding hydrogens is 344 g/mol. The molecule has 2 aromatic rings. The van der Waals surface area contributed by atoms with Crippen LogP contribution in [0.4, 0.5) is 0 Å². The first kappa shape index (κ1) is 20.3. The Morgan fingerprint density at radius 1 is 1.22 bits per heavy atom.